The minimum atomic E-state index is -0.802. The number of H-pyrrole nitrogens is 2. The van der Waals surface area contributed by atoms with Crippen LogP contribution < -0.4 is 10.6 Å². The molecule has 0 unspecified atom stereocenters. The lowest BCUT2D eigenvalue weighted by Crippen LogP contribution is -2.62. The van der Waals surface area contributed by atoms with Crippen LogP contribution in [-0.4, -0.2) is 123 Å². The second kappa shape index (κ2) is 20.3. The van der Waals surface area contributed by atoms with E-state index in [0.29, 0.717) is 25.7 Å². The van der Waals surface area contributed by atoms with Crippen molar-refractivity contribution < 1.29 is 38.1 Å². The lowest BCUT2D eigenvalue weighted by atomic mass is 9.79. The molecule has 376 valence electrons. The van der Waals surface area contributed by atoms with E-state index >= 15 is 0 Å². The number of hydrogen-bond donors (Lipinski definition) is 4. The quantitative estimate of drug-likeness (QED) is 0.0831. The van der Waals surface area contributed by atoms with Gasteiger partial charge in [0.15, 0.2) is 0 Å². The van der Waals surface area contributed by atoms with Crippen LogP contribution in [0.1, 0.15) is 128 Å². The summed E-state index contributed by atoms with van der Waals surface area (Å²) >= 11 is 4.73. The van der Waals surface area contributed by atoms with Crippen LogP contribution in [0.4, 0.5) is 9.59 Å². The highest BCUT2D eigenvalue weighted by Gasteiger charge is 2.53. The van der Waals surface area contributed by atoms with Crippen LogP contribution in [0.5, 0.6) is 0 Å². The Morgan fingerprint density at radius 2 is 1.01 bits per heavy atom. The van der Waals surface area contributed by atoms with Gasteiger partial charge in [-0.3, -0.25) is 9.59 Å². The first-order valence-electron chi connectivity index (χ1n) is 24.8. The lowest BCUT2D eigenvalue weighted by Gasteiger charge is -2.45. The van der Waals surface area contributed by atoms with Gasteiger partial charge < -0.3 is 49.3 Å². The minimum Gasteiger partial charge on any atom is -0.453 e. The largest absolute Gasteiger partial charge is 0.453 e. The van der Waals surface area contributed by atoms with E-state index in [9.17, 15) is 19.2 Å². The predicted molar refractivity (Wildman–Crippen MR) is 282 cm³/mol. The van der Waals surface area contributed by atoms with Gasteiger partial charge in [-0.25, -0.2) is 19.6 Å². The summed E-state index contributed by atoms with van der Waals surface area (Å²) in [6, 6.07) is 10.6. The van der Waals surface area contributed by atoms with Crippen molar-refractivity contribution in [2.75, 3.05) is 14.2 Å². The summed E-state index contributed by atoms with van der Waals surface area (Å²) in [5, 5.41) is 5.85. The Balaban J connectivity index is 0.910. The predicted octanol–water partition coefficient (Wildman–Crippen LogP) is 9.31. The van der Waals surface area contributed by atoms with Crippen LogP contribution in [0.15, 0.2) is 48.8 Å². The number of hydrogen-bond acceptors (Lipinski definition) is 10. The van der Waals surface area contributed by atoms with Crippen LogP contribution in [-0.2, 0) is 41.4 Å². The Hall–Kier alpha value is -4.28. The Kier molecular flexibility index (Phi) is 14.7. The molecule has 1 aliphatic carbocycles. The molecule has 2 aromatic heterocycles. The number of nitrogens with one attached hydrogen (secondary N) is 4. The summed E-state index contributed by atoms with van der Waals surface area (Å²) in [7, 11) is 2.64. The molecule has 12 atom stereocenters. The fourth-order valence-corrected chi connectivity index (χ4v) is 15.6. The van der Waals surface area contributed by atoms with Gasteiger partial charge in [-0.15, -0.1) is 0 Å². The van der Waals surface area contributed by atoms with Gasteiger partial charge in [0.25, 0.3) is 0 Å². The molecule has 0 radical (unpaired) electrons. The molecule has 0 spiro atoms. The minimum absolute atomic E-state index is 0.0444. The number of amides is 4. The molecule has 70 heavy (non-hydrogen) atoms. The number of carbonyl (C=O) groups is 4. The molecule has 4 fully saturated rings. The first kappa shape index (κ1) is 50.7. The summed E-state index contributed by atoms with van der Waals surface area (Å²) in [6.07, 6.45) is 9.87. The average Bonchev–Trinajstić information content (AvgIpc) is 4.13. The monoisotopic (exact) mass is 1180 g/mol. The number of carbonyl (C=O) groups excluding carboxylic acids is 4. The first-order chi connectivity index (χ1) is 33.4. The molecular weight excluding hydrogens is 1120 g/mol. The van der Waals surface area contributed by atoms with Gasteiger partial charge in [0.2, 0.25) is 11.8 Å². The second-order valence-electron chi connectivity index (χ2n) is 20.5. The SMILES string of the molecule is COC(=O)N[C@H](C(=O)N1[C@@H](C)CC[C@H]1c1nc(-c2ccc(-c3ccc(-c4c[nH]c([C@@H]5CC[C@H](C)N5C(=O)[C@@H](NC(=O)OC)[C@@]5(I)C[C@@H](C)O[C@@H](C)C5)n4)c4c3CC4)cc2)c[nH]1)[C@@]1(I)C[C@@H](C)O[C@@H](C)C1. The number of nitrogens with zero attached hydrogens (tertiary/aromatic N) is 4. The Labute approximate surface area is 437 Å². The standard InChI is InChI=1S/C52H66I2N8O8/c1-27-9-19-41(61(27)47(63)43(59-49(65)67-7)51(53)21-29(3)69-30(4)22-51)45-55-25-39(57-45)34-13-11-33(12-14-34)35-15-18-38(37-17-16-36(35)37)40-26-56-46(58-40)42-20-10-28(2)62(42)48(64)44(60-50(66)68-8)52(54)23-31(5)70-32(6)24-52/h11-15,18,25-32,41-44H,9-10,16-17,19-24H2,1-8H3,(H,55,57)(H,56,58)(H,59,65)(H,60,66)/t27-,28-,29-,30+,31-,32+,41-,42-,43+,44+,51-,52-/m0/s1. The molecule has 5 aliphatic rings. The number of fused-ring (bicyclic) bond motifs is 1. The molecule has 0 saturated carbocycles. The zero-order valence-corrected chi connectivity index (χ0v) is 45.6. The molecule has 4 N–H and O–H groups in total. The number of ether oxygens (including phenoxy) is 4. The molecule has 2 aromatic carbocycles. The third-order valence-corrected chi connectivity index (χ3v) is 18.4. The second-order valence-corrected chi connectivity index (χ2v) is 24.7. The molecule has 4 saturated heterocycles. The average molecular weight is 1180 g/mol. The maximum atomic E-state index is 14.7. The smallest absolute Gasteiger partial charge is 0.407 e. The van der Waals surface area contributed by atoms with E-state index in [1.54, 1.807) is 0 Å². The van der Waals surface area contributed by atoms with Crippen LogP contribution in [0, 0.1) is 0 Å². The topological polar surface area (TPSA) is 193 Å². The first-order valence-corrected chi connectivity index (χ1v) is 26.9. The zero-order valence-electron chi connectivity index (χ0n) is 41.3. The van der Waals surface area contributed by atoms with E-state index in [2.05, 4.69) is 116 Å². The van der Waals surface area contributed by atoms with E-state index in [-0.39, 0.29) is 60.4 Å². The molecule has 4 amide bonds. The highest BCUT2D eigenvalue weighted by Crippen LogP contribution is 2.46. The van der Waals surface area contributed by atoms with Crippen molar-refractivity contribution in [2.24, 2.45) is 0 Å². The molecule has 0 bridgehead atoms. The summed E-state index contributed by atoms with van der Waals surface area (Å²) in [5.74, 6) is 1.19. The number of aromatic nitrogens is 4. The number of aromatic amines is 2. The van der Waals surface area contributed by atoms with Crippen LogP contribution in [0.2, 0.25) is 0 Å². The van der Waals surface area contributed by atoms with Crippen LogP contribution in [0.3, 0.4) is 0 Å². The highest BCUT2D eigenvalue weighted by molar-refractivity contribution is 14.1. The number of benzene rings is 2. The molecule has 9 rings (SSSR count). The zero-order chi connectivity index (χ0) is 49.8. The number of imidazole rings is 2. The van der Waals surface area contributed by atoms with E-state index in [1.165, 1.54) is 30.9 Å². The van der Waals surface area contributed by atoms with Gasteiger partial charge >= 0.3 is 12.2 Å². The molecular formula is C52H66I2N8O8. The van der Waals surface area contributed by atoms with Gasteiger partial charge in [0.05, 0.1) is 69.0 Å². The number of rotatable bonds is 11. The van der Waals surface area contributed by atoms with Crippen molar-refractivity contribution >= 4 is 69.2 Å². The fourth-order valence-electron chi connectivity index (χ4n) is 12.2. The van der Waals surface area contributed by atoms with Crippen molar-refractivity contribution in [1.82, 2.24) is 40.4 Å². The normalized spacial score (nSPS) is 30.5. The van der Waals surface area contributed by atoms with E-state index < -0.39 is 31.1 Å². The highest BCUT2D eigenvalue weighted by atomic mass is 127. The van der Waals surface area contributed by atoms with Crippen molar-refractivity contribution in [1.29, 1.82) is 0 Å². The number of likely N-dealkylation sites (tertiary alicyclic amines) is 2. The third kappa shape index (κ3) is 9.83. The van der Waals surface area contributed by atoms with E-state index in [1.807, 2.05) is 49.9 Å². The van der Waals surface area contributed by atoms with E-state index in [4.69, 9.17) is 28.9 Å². The Morgan fingerprint density at radius 1 is 0.614 bits per heavy atom. The molecule has 4 aromatic rings. The van der Waals surface area contributed by atoms with Gasteiger partial charge in [-0.2, -0.15) is 0 Å². The molecule has 6 heterocycles. The third-order valence-electron chi connectivity index (χ3n) is 15.4. The molecule has 18 heteroatoms. The van der Waals surface area contributed by atoms with Crippen molar-refractivity contribution in [3.05, 3.63) is 71.6 Å². The van der Waals surface area contributed by atoms with Crippen LogP contribution in [0.25, 0.3) is 33.6 Å². The number of halogens is 2. The van der Waals surface area contributed by atoms with Gasteiger partial charge in [0, 0.05) is 35.6 Å². The number of alkyl carbamates (subject to hydrolysis) is 2. The van der Waals surface area contributed by atoms with Crippen LogP contribution >= 0.6 is 45.2 Å². The van der Waals surface area contributed by atoms with Gasteiger partial charge in [-0.1, -0.05) is 81.6 Å². The van der Waals surface area contributed by atoms with E-state index in [0.717, 1.165) is 78.3 Å². The van der Waals surface area contributed by atoms with Crippen molar-refractivity contribution in [2.45, 2.75) is 173 Å². The number of alkyl halides is 2. The van der Waals surface area contributed by atoms with Gasteiger partial charge in [0.1, 0.15) is 23.7 Å². The van der Waals surface area contributed by atoms with Crippen molar-refractivity contribution in [3.63, 3.8) is 0 Å². The summed E-state index contributed by atoms with van der Waals surface area (Å²) in [5.41, 5.74) is 8.59. The Bertz CT molecular complexity index is 2580. The van der Waals surface area contributed by atoms with Crippen molar-refractivity contribution in [3.8, 4) is 33.6 Å². The summed E-state index contributed by atoms with van der Waals surface area (Å²) < 4.78 is 21.0. The number of methoxy groups -OCH3 is 2. The van der Waals surface area contributed by atoms with Gasteiger partial charge in [-0.05, 0) is 128 Å². The summed E-state index contributed by atoms with van der Waals surface area (Å²) in [4.78, 5) is 75.8. The molecule has 4 aliphatic heterocycles. The lowest BCUT2D eigenvalue weighted by molar-refractivity contribution is -0.139. The summed E-state index contributed by atoms with van der Waals surface area (Å²) in [6.45, 7) is 12.2. The maximum Gasteiger partial charge on any atom is 0.407 e. The Morgan fingerprint density at radius 3 is 1.46 bits per heavy atom. The maximum absolute atomic E-state index is 14.7. The molecule has 16 nitrogen and oxygen atoms in total. The fraction of sp³-hybridized carbons (Fsp3) is 0.577.